The highest BCUT2D eigenvalue weighted by molar-refractivity contribution is 8.14. The van der Waals surface area contributed by atoms with Gasteiger partial charge in [-0.2, -0.15) is 5.10 Å². The number of amidine groups is 1. The van der Waals surface area contributed by atoms with Gasteiger partial charge in [0.25, 0.3) is 0 Å². The topological polar surface area (TPSA) is 42.2 Å². The van der Waals surface area contributed by atoms with E-state index < -0.39 is 0 Å². The Kier molecular flexibility index (Phi) is 3.00. The predicted octanol–water partition coefficient (Wildman–Crippen LogP) is 1.96. The lowest BCUT2D eigenvalue weighted by atomic mass is 10.1. The monoisotopic (exact) mass is 224 g/mol. The van der Waals surface area contributed by atoms with Crippen LogP contribution in [0.2, 0.25) is 0 Å². The number of thioether (sulfide) groups is 1. The van der Waals surface area contributed by atoms with Gasteiger partial charge in [-0.1, -0.05) is 25.6 Å². The summed E-state index contributed by atoms with van der Waals surface area (Å²) in [5.74, 6) is 1.70. The van der Waals surface area contributed by atoms with E-state index in [1.165, 1.54) is 0 Å². The van der Waals surface area contributed by atoms with Gasteiger partial charge < -0.3 is 5.32 Å². The third kappa shape index (κ3) is 2.53. The summed E-state index contributed by atoms with van der Waals surface area (Å²) >= 11 is 1.78. The fraction of sp³-hybridized carbons (Fsp3) is 0.600. The first-order valence-corrected chi connectivity index (χ1v) is 6.10. The van der Waals surface area contributed by atoms with E-state index in [0.717, 1.165) is 16.6 Å². The van der Waals surface area contributed by atoms with Crippen molar-refractivity contribution in [1.82, 2.24) is 9.78 Å². The Morgan fingerprint density at radius 2 is 2.40 bits per heavy atom. The molecule has 2 rings (SSSR count). The fourth-order valence-corrected chi connectivity index (χ4v) is 2.60. The number of nitrogens with one attached hydrogen (secondary N) is 1. The van der Waals surface area contributed by atoms with Gasteiger partial charge in [-0.15, -0.1) is 0 Å². The highest BCUT2D eigenvalue weighted by atomic mass is 32.2. The van der Waals surface area contributed by atoms with Crippen molar-refractivity contribution in [1.29, 1.82) is 0 Å². The molecule has 0 aromatic carbocycles. The standard InChI is InChI=1S/C10H16N4S/c1-7(2)9-6-15-10(13-9)12-8-4-11-14(3)5-8/h4-5,7,9H,6H2,1-3H3,(H,12,13). The molecule has 0 fully saturated rings. The summed E-state index contributed by atoms with van der Waals surface area (Å²) in [6.07, 6.45) is 3.76. The molecule has 0 spiro atoms. The maximum Gasteiger partial charge on any atom is 0.161 e. The Morgan fingerprint density at radius 1 is 1.60 bits per heavy atom. The van der Waals surface area contributed by atoms with E-state index >= 15 is 0 Å². The zero-order chi connectivity index (χ0) is 10.8. The van der Waals surface area contributed by atoms with Crippen LogP contribution in [0.4, 0.5) is 5.69 Å². The quantitative estimate of drug-likeness (QED) is 0.835. The van der Waals surface area contributed by atoms with Crippen LogP contribution in [0.15, 0.2) is 17.4 Å². The Balaban J connectivity index is 1.99. The Morgan fingerprint density at radius 3 is 2.93 bits per heavy atom. The SMILES string of the molecule is CC(C)C1CSC(Nc2cnn(C)c2)=N1. The second-order valence-corrected chi connectivity index (χ2v) is 5.09. The molecule has 15 heavy (non-hydrogen) atoms. The minimum absolute atomic E-state index is 0.453. The van der Waals surface area contributed by atoms with Gasteiger partial charge in [0.2, 0.25) is 0 Å². The number of hydrogen-bond donors (Lipinski definition) is 1. The van der Waals surface area contributed by atoms with Gasteiger partial charge in [-0.05, 0) is 5.92 Å². The van der Waals surface area contributed by atoms with E-state index in [2.05, 4.69) is 29.3 Å². The fourth-order valence-electron chi connectivity index (χ4n) is 1.41. The van der Waals surface area contributed by atoms with E-state index in [1.54, 1.807) is 16.4 Å². The molecule has 1 aliphatic heterocycles. The van der Waals surface area contributed by atoms with Gasteiger partial charge in [0.05, 0.1) is 17.9 Å². The number of aromatic nitrogens is 2. The average Bonchev–Trinajstić information content (AvgIpc) is 2.76. The molecule has 1 aromatic heterocycles. The van der Waals surface area contributed by atoms with Crippen LogP contribution >= 0.6 is 11.8 Å². The van der Waals surface area contributed by atoms with Gasteiger partial charge in [-0.3, -0.25) is 9.67 Å². The molecule has 1 atom stereocenters. The number of hydrogen-bond acceptors (Lipinski definition) is 4. The summed E-state index contributed by atoms with van der Waals surface area (Å²) < 4.78 is 1.78. The van der Waals surface area contributed by atoms with Crippen molar-refractivity contribution in [2.75, 3.05) is 11.1 Å². The highest BCUT2D eigenvalue weighted by Gasteiger charge is 2.21. The van der Waals surface area contributed by atoms with Gasteiger partial charge in [0, 0.05) is 19.0 Å². The lowest BCUT2D eigenvalue weighted by Crippen LogP contribution is -2.12. The molecule has 0 saturated heterocycles. The minimum Gasteiger partial charge on any atom is -0.332 e. The van der Waals surface area contributed by atoms with Gasteiger partial charge in [0.15, 0.2) is 5.17 Å². The summed E-state index contributed by atoms with van der Waals surface area (Å²) in [6.45, 7) is 4.42. The molecule has 1 N–H and O–H groups in total. The summed E-state index contributed by atoms with van der Waals surface area (Å²) in [5, 5.41) is 8.39. The summed E-state index contributed by atoms with van der Waals surface area (Å²) in [6, 6.07) is 0.453. The molecule has 0 saturated carbocycles. The summed E-state index contributed by atoms with van der Waals surface area (Å²) in [5.41, 5.74) is 1.01. The Hall–Kier alpha value is -0.970. The van der Waals surface area contributed by atoms with Crippen LogP contribution in [0, 0.1) is 5.92 Å². The summed E-state index contributed by atoms with van der Waals surface area (Å²) in [4.78, 5) is 4.62. The maximum absolute atomic E-state index is 4.62. The minimum atomic E-state index is 0.453. The molecule has 4 nitrogen and oxygen atoms in total. The normalized spacial score (nSPS) is 20.8. The number of aliphatic imine (C=N–C) groups is 1. The largest absolute Gasteiger partial charge is 0.332 e. The van der Waals surface area contributed by atoms with E-state index in [9.17, 15) is 0 Å². The predicted molar refractivity (Wildman–Crippen MR) is 65.3 cm³/mol. The second-order valence-electron chi connectivity index (χ2n) is 4.08. The molecule has 0 aliphatic carbocycles. The Bertz CT molecular complexity index is 369. The second kappa shape index (κ2) is 4.26. The molecule has 1 aromatic rings. The first-order chi connectivity index (χ1) is 7.15. The van der Waals surface area contributed by atoms with Gasteiger partial charge in [0.1, 0.15) is 0 Å². The first kappa shape index (κ1) is 10.5. The van der Waals surface area contributed by atoms with Gasteiger partial charge in [-0.25, -0.2) is 0 Å². The number of aryl methyl sites for hydroxylation is 1. The molecular formula is C10H16N4S. The average molecular weight is 224 g/mol. The molecule has 1 aliphatic rings. The van der Waals surface area contributed by atoms with E-state index in [-0.39, 0.29) is 0 Å². The lowest BCUT2D eigenvalue weighted by Gasteiger charge is -2.07. The van der Waals surface area contributed by atoms with Crippen molar-refractivity contribution in [3.63, 3.8) is 0 Å². The van der Waals surface area contributed by atoms with Crippen molar-refractivity contribution < 1.29 is 0 Å². The molecule has 5 heteroatoms. The van der Waals surface area contributed by atoms with Crippen molar-refractivity contribution in [3.8, 4) is 0 Å². The molecule has 82 valence electrons. The van der Waals surface area contributed by atoms with Crippen molar-refractivity contribution in [2.45, 2.75) is 19.9 Å². The maximum atomic E-state index is 4.62. The molecule has 1 unspecified atom stereocenters. The van der Waals surface area contributed by atoms with Crippen LogP contribution in [0.25, 0.3) is 0 Å². The van der Waals surface area contributed by atoms with Crippen LogP contribution in [-0.4, -0.2) is 26.7 Å². The van der Waals surface area contributed by atoms with Crippen molar-refractivity contribution in [3.05, 3.63) is 12.4 Å². The zero-order valence-corrected chi connectivity index (χ0v) is 10.1. The molecule has 0 bridgehead atoms. The van der Waals surface area contributed by atoms with Crippen molar-refractivity contribution in [2.24, 2.45) is 18.0 Å². The zero-order valence-electron chi connectivity index (χ0n) is 9.27. The first-order valence-electron chi connectivity index (χ1n) is 5.11. The summed E-state index contributed by atoms with van der Waals surface area (Å²) in [7, 11) is 1.91. The number of anilines is 1. The smallest absolute Gasteiger partial charge is 0.161 e. The van der Waals surface area contributed by atoms with Crippen LogP contribution in [0.1, 0.15) is 13.8 Å². The number of nitrogens with zero attached hydrogens (tertiary/aromatic N) is 3. The lowest BCUT2D eigenvalue weighted by molar-refractivity contribution is 0.543. The number of rotatable bonds is 2. The molecule has 0 amide bonds. The van der Waals surface area contributed by atoms with E-state index in [0.29, 0.717) is 12.0 Å². The van der Waals surface area contributed by atoms with Crippen LogP contribution in [0.5, 0.6) is 0 Å². The van der Waals surface area contributed by atoms with E-state index in [4.69, 9.17) is 0 Å². The molecule has 2 heterocycles. The van der Waals surface area contributed by atoms with Crippen LogP contribution in [-0.2, 0) is 7.05 Å². The van der Waals surface area contributed by atoms with Crippen LogP contribution < -0.4 is 5.32 Å². The van der Waals surface area contributed by atoms with E-state index in [1.807, 2.05) is 19.4 Å². The van der Waals surface area contributed by atoms with Gasteiger partial charge >= 0.3 is 0 Å². The third-order valence-corrected chi connectivity index (χ3v) is 3.39. The van der Waals surface area contributed by atoms with Crippen molar-refractivity contribution >= 4 is 22.6 Å². The highest BCUT2D eigenvalue weighted by Crippen LogP contribution is 2.24. The third-order valence-electron chi connectivity index (χ3n) is 2.40. The molecular weight excluding hydrogens is 208 g/mol. The Labute approximate surface area is 94.2 Å². The van der Waals surface area contributed by atoms with Crippen LogP contribution in [0.3, 0.4) is 0 Å². The molecule has 0 radical (unpaired) electrons.